The minimum absolute atomic E-state index is 0.00435. The van der Waals surface area contributed by atoms with Gasteiger partial charge in [-0.2, -0.15) is 0 Å². The van der Waals surface area contributed by atoms with Crippen molar-refractivity contribution in [2.45, 2.75) is 169 Å². The molecular formula is C71H89BN2S. The largest absolute Gasteiger partial charge is 0.382 e. The first-order chi connectivity index (χ1) is 35.2. The van der Waals surface area contributed by atoms with Crippen LogP contribution in [0.3, 0.4) is 0 Å². The Balaban J connectivity index is 1.41. The fourth-order valence-corrected chi connectivity index (χ4v) is 13.5. The zero-order valence-corrected chi connectivity index (χ0v) is 49.6. The van der Waals surface area contributed by atoms with Gasteiger partial charge in [-0.1, -0.05) is 201 Å². The van der Waals surface area contributed by atoms with Gasteiger partial charge in [0.2, 0.25) is 0 Å². The second kappa shape index (κ2) is 21.1. The Morgan fingerprint density at radius 1 is 0.720 bits per heavy atom. The first-order valence-corrected chi connectivity index (χ1v) is 28.9. The Hall–Kier alpha value is -5.58. The number of thiophene rings is 1. The summed E-state index contributed by atoms with van der Waals surface area (Å²) in [6.07, 6.45) is 24.4. The van der Waals surface area contributed by atoms with Crippen molar-refractivity contribution in [2.24, 2.45) is 11.3 Å². The molecule has 4 heteroatoms. The molecule has 2 nitrogen and oxygen atoms in total. The molecule has 1 heterocycles. The topological polar surface area (TPSA) is 24.1 Å². The summed E-state index contributed by atoms with van der Waals surface area (Å²) in [5.74, 6) is 0.471. The van der Waals surface area contributed by atoms with Crippen molar-refractivity contribution in [3.8, 4) is 11.1 Å². The Bertz CT molecular complexity index is 3110. The standard InChI is InChI=1S/C71H89BN2S/c1-19-24-48(21-3)56-42-58-59(70(15,16)36-35-69(58,13)14)43-63(56)74-62(25-20-2)61(46-73-55(22-4)39-52-45-67(9,10)33-32-47(52)5)72(54-30-28-49(29-31-54)50-26-23-27-53(38-50)66(6,7)8)65-41-51-40-57-60(44-64(51)75-65)71(17,18)37-34-68(57,11)12/h19-31,38-45,47,73-74H,1,3-4,32-37,46H2,2,5-18H3/b25-20-,48-24+,55-39+,62-61-. The van der Waals surface area contributed by atoms with Gasteiger partial charge in [0, 0.05) is 33.9 Å². The van der Waals surface area contributed by atoms with E-state index in [0.717, 1.165) is 41.1 Å². The van der Waals surface area contributed by atoms with E-state index in [0.29, 0.717) is 12.5 Å². The van der Waals surface area contributed by atoms with Crippen LogP contribution in [0.25, 0.3) is 26.8 Å². The molecule has 0 bridgehead atoms. The highest BCUT2D eigenvalue weighted by Gasteiger charge is 2.40. The predicted octanol–water partition coefficient (Wildman–Crippen LogP) is 18.5. The minimum Gasteiger partial charge on any atom is -0.382 e. The molecule has 8 rings (SSSR count). The van der Waals surface area contributed by atoms with Gasteiger partial charge in [0.05, 0.1) is 0 Å². The van der Waals surface area contributed by atoms with Gasteiger partial charge in [-0.05, 0) is 198 Å². The van der Waals surface area contributed by atoms with Crippen molar-refractivity contribution in [1.82, 2.24) is 5.32 Å². The van der Waals surface area contributed by atoms with Gasteiger partial charge in [0.25, 0.3) is 6.71 Å². The first kappa shape index (κ1) is 55.7. The fourth-order valence-electron chi connectivity index (χ4n) is 12.2. The summed E-state index contributed by atoms with van der Waals surface area (Å²) in [7, 11) is 0. The van der Waals surface area contributed by atoms with Gasteiger partial charge in [0.1, 0.15) is 0 Å². The molecule has 3 aliphatic rings. The highest BCUT2D eigenvalue weighted by molar-refractivity contribution is 7.31. The van der Waals surface area contributed by atoms with Crippen LogP contribution in [0.2, 0.25) is 0 Å². The van der Waals surface area contributed by atoms with E-state index in [9.17, 15) is 0 Å². The van der Waals surface area contributed by atoms with Crippen LogP contribution in [-0.4, -0.2) is 13.3 Å². The number of rotatable bonds is 15. The second-order valence-corrected chi connectivity index (χ2v) is 27.9. The zero-order valence-electron chi connectivity index (χ0n) is 48.8. The quantitative estimate of drug-likeness (QED) is 0.0807. The lowest BCUT2D eigenvalue weighted by Gasteiger charge is -2.42. The highest BCUT2D eigenvalue weighted by atomic mass is 32.1. The monoisotopic (exact) mass is 1010 g/mol. The third-order valence-electron chi connectivity index (χ3n) is 17.6. The summed E-state index contributed by atoms with van der Waals surface area (Å²) in [6, 6.07) is 31.2. The predicted molar refractivity (Wildman–Crippen MR) is 335 cm³/mol. The molecule has 5 aromatic rings. The summed E-state index contributed by atoms with van der Waals surface area (Å²) in [4.78, 5) is 0. The fraction of sp³-hybridized carbons (Fsp3) is 0.408. The third-order valence-corrected chi connectivity index (χ3v) is 18.8. The molecular weight excluding hydrogens is 924 g/mol. The van der Waals surface area contributed by atoms with Crippen molar-refractivity contribution in [3.63, 3.8) is 0 Å². The Morgan fingerprint density at radius 3 is 1.92 bits per heavy atom. The number of benzene rings is 4. The maximum absolute atomic E-state index is 4.42. The lowest BCUT2D eigenvalue weighted by atomic mass is 9.38. The van der Waals surface area contributed by atoms with Crippen molar-refractivity contribution >= 4 is 49.6 Å². The van der Waals surface area contributed by atoms with E-state index < -0.39 is 0 Å². The van der Waals surface area contributed by atoms with Crippen molar-refractivity contribution in [2.75, 3.05) is 11.9 Å². The maximum atomic E-state index is 4.42. The van der Waals surface area contributed by atoms with Gasteiger partial charge >= 0.3 is 0 Å². The number of hydrogen-bond acceptors (Lipinski definition) is 3. The van der Waals surface area contributed by atoms with Crippen LogP contribution < -0.4 is 20.9 Å². The van der Waals surface area contributed by atoms with Crippen LogP contribution in [0.5, 0.6) is 0 Å². The molecule has 0 saturated carbocycles. The molecule has 1 unspecified atom stereocenters. The molecule has 1 aromatic heterocycles. The minimum atomic E-state index is -0.113. The van der Waals surface area contributed by atoms with Crippen LogP contribution in [0, 0.1) is 11.3 Å². The number of nitrogens with one attached hydrogen (secondary N) is 2. The summed E-state index contributed by atoms with van der Waals surface area (Å²) in [5, 5.41) is 9.60. The van der Waals surface area contributed by atoms with Crippen molar-refractivity contribution in [1.29, 1.82) is 0 Å². The Labute approximate surface area is 459 Å². The summed E-state index contributed by atoms with van der Waals surface area (Å²) in [6.45, 7) is 49.0. The lowest BCUT2D eigenvalue weighted by Crippen LogP contribution is -2.46. The Kier molecular flexibility index (Phi) is 15.7. The van der Waals surface area contributed by atoms with Gasteiger partial charge in [-0.3, -0.25) is 0 Å². The van der Waals surface area contributed by atoms with E-state index in [-0.39, 0.29) is 39.2 Å². The zero-order chi connectivity index (χ0) is 54.5. The molecule has 0 amide bonds. The van der Waals surface area contributed by atoms with E-state index in [2.05, 4.69) is 243 Å². The van der Waals surface area contributed by atoms with Crippen molar-refractivity contribution in [3.05, 3.63) is 203 Å². The molecule has 392 valence electrons. The Morgan fingerprint density at radius 2 is 1.33 bits per heavy atom. The number of fused-ring (bicyclic) bond motifs is 3. The van der Waals surface area contributed by atoms with E-state index in [1.54, 1.807) is 0 Å². The van der Waals surface area contributed by atoms with Gasteiger partial charge in [-0.15, -0.1) is 11.3 Å². The second-order valence-electron chi connectivity index (χ2n) is 26.8. The summed E-state index contributed by atoms with van der Waals surface area (Å²) in [5.41, 5.74) is 19.3. The van der Waals surface area contributed by atoms with E-state index in [4.69, 9.17) is 0 Å². The molecule has 3 aliphatic carbocycles. The van der Waals surface area contributed by atoms with E-state index in [1.165, 1.54) is 96.0 Å². The van der Waals surface area contributed by atoms with Crippen LogP contribution in [0.4, 0.5) is 5.69 Å². The number of hydrogen-bond donors (Lipinski definition) is 2. The van der Waals surface area contributed by atoms with Crippen LogP contribution in [0.1, 0.15) is 176 Å². The van der Waals surface area contributed by atoms with Gasteiger partial charge in [0.15, 0.2) is 0 Å². The van der Waals surface area contributed by atoms with Gasteiger partial charge in [-0.25, -0.2) is 0 Å². The number of anilines is 1. The molecule has 0 radical (unpaired) electrons. The third kappa shape index (κ3) is 11.7. The maximum Gasteiger partial charge on any atom is 0.254 e. The summed E-state index contributed by atoms with van der Waals surface area (Å²) >= 11 is 1.96. The first-order valence-electron chi connectivity index (χ1n) is 28.1. The molecule has 75 heavy (non-hydrogen) atoms. The number of allylic oxidation sites excluding steroid dienone is 10. The normalized spacial score (nSPS) is 20.1. The van der Waals surface area contributed by atoms with Gasteiger partial charge < -0.3 is 10.6 Å². The van der Waals surface area contributed by atoms with E-state index >= 15 is 0 Å². The molecule has 4 aromatic carbocycles. The molecule has 0 aliphatic heterocycles. The van der Waals surface area contributed by atoms with Crippen LogP contribution in [-0.2, 0) is 27.1 Å². The van der Waals surface area contributed by atoms with E-state index in [1.807, 2.05) is 29.6 Å². The average molecular weight is 1010 g/mol. The molecule has 1 atom stereocenters. The van der Waals surface area contributed by atoms with Crippen molar-refractivity contribution < 1.29 is 0 Å². The molecule has 0 spiro atoms. The van der Waals surface area contributed by atoms with Crippen LogP contribution in [0.15, 0.2) is 170 Å². The molecule has 2 N–H and O–H groups in total. The average Bonchev–Trinajstić information content (AvgIpc) is 3.78. The SMILES string of the molecule is C=C/C=C(\C=C)c1cc2c(cc1NC(/C=C\C)=C(/CN/C(C=C)=C/C1=CC(C)(C)CCC1C)B(c1ccc(-c3cccc(C(C)(C)C)c3)cc1)c1cc3cc4c(cc3s1)C(C)(C)CCC4(C)C)C(C)(C)CCC2(C)C. The smallest absolute Gasteiger partial charge is 0.254 e. The summed E-state index contributed by atoms with van der Waals surface area (Å²) < 4.78 is 2.68. The molecule has 0 saturated heterocycles. The lowest BCUT2D eigenvalue weighted by molar-refractivity contribution is 0.332. The van der Waals surface area contributed by atoms with Crippen LogP contribution >= 0.6 is 11.3 Å². The molecule has 0 fully saturated rings. The highest BCUT2D eigenvalue weighted by Crippen LogP contribution is 2.50.